The molecule has 3 amide bonds. The fourth-order valence-electron chi connectivity index (χ4n) is 4.16. The molecule has 0 aromatic heterocycles. The molecule has 1 aromatic carbocycles. The van der Waals surface area contributed by atoms with Gasteiger partial charge in [0.15, 0.2) is 0 Å². The molecule has 3 aliphatic heterocycles. The van der Waals surface area contributed by atoms with E-state index in [1.165, 1.54) is 0 Å². The second kappa shape index (κ2) is 9.00. The molecular formula is C21H26N4O3S. The van der Waals surface area contributed by atoms with Crippen LogP contribution in [0.15, 0.2) is 29.2 Å². The van der Waals surface area contributed by atoms with Gasteiger partial charge in [-0.3, -0.25) is 19.7 Å². The Kier molecular flexibility index (Phi) is 6.20. The van der Waals surface area contributed by atoms with Gasteiger partial charge in [-0.15, -0.1) is 0 Å². The Balaban J connectivity index is 1.47. The molecule has 0 radical (unpaired) electrons. The maximum atomic E-state index is 12.9. The van der Waals surface area contributed by atoms with E-state index in [9.17, 15) is 14.4 Å². The molecule has 29 heavy (non-hydrogen) atoms. The Hall–Kier alpha value is -2.32. The highest BCUT2D eigenvalue weighted by atomic mass is 32.2. The molecule has 0 saturated carbocycles. The van der Waals surface area contributed by atoms with Crippen LogP contribution < -0.4 is 15.5 Å². The highest BCUT2D eigenvalue weighted by molar-refractivity contribution is 8.18. The highest BCUT2D eigenvalue weighted by Crippen LogP contribution is 2.30. The Morgan fingerprint density at radius 2 is 1.97 bits per heavy atom. The molecule has 0 bridgehead atoms. The van der Waals surface area contributed by atoms with Crippen molar-refractivity contribution in [2.24, 2.45) is 5.92 Å². The minimum atomic E-state index is -0.344. The van der Waals surface area contributed by atoms with Crippen LogP contribution in [0, 0.1) is 5.92 Å². The second-order valence-corrected chi connectivity index (χ2v) is 8.63. The molecule has 7 nitrogen and oxygen atoms in total. The number of nitrogens with one attached hydrogen (secondary N) is 2. The van der Waals surface area contributed by atoms with Crippen molar-refractivity contribution >= 4 is 40.6 Å². The van der Waals surface area contributed by atoms with Gasteiger partial charge in [-0.1, -0.05) is 18.2 Å². The summed E-state index contributed by atoms with van der Waals surface area (Å²) in [5.41, 5.74) is 1.94. The molecule has 3 saturated heterocycles. The lowest BCUT2D eigenvalue weighted by atomic mass is 9.98. The summed E-state index contributed by atoms with van der Waals surface area (Å²) in [6.45, 7) is 4.88. The number of hydrogen-bond acceptors (Lipinski definition) is 6. The van der Waals surface area contributed by atoms with Crippen molar-refractivity contribution in [3.63, 3.8) is 0 Å². The average Bonchev–Trinajstić information content (AvgIpc) is 2.93. The minimum absolute atomic E-state index is 0.0998. The molecule has 3 heterocycles. The SMILES string of the molecule is O=C1NC(=O)C(=Cc2ccccc2N2CCCN(C(=O)C3CCCNC3)CC2)S1. The smallest absolute Gasteiger partial charge is 0.290 e. The van der Waals surface area contributed by atoms with Gasteiger partial charge >= 0.3 is 0 Å². The summed E-state index contributed by atoms with van der Waals surface area (Å²) < 4.78 is 0. The van der Waals surface area contributed by atoms with Gasteiger partial charge in [-0.25, -0.2) is 0 Å². The third kappa shape index (κ3) is 4.64. The molecule has 3 fully saturated rings. The number of imide groups is 1. The van der Waals surface area contributed by atoms with E-state index in [0.29, 0.717) is 11.4 Å². The maximum Gasteiger partial charge on any atom is 0.290 e. The maximum absolute atomic E-state index is 12.9. The van der Waals surface area contributed by atoms with Crippen molar-refractivity contribution < 1.29 is 14.4 Å². The second-order valence-electron chi connectivity index (χ2n) is 7.62. The Morgan fingerprint density at radius 3 is 2.72 bits per heavy atom. The van der Waals surface area contributed by atoms with Gasteiger partial charge in [0.25, 0.3) is 11.1 Å². The van der Waals surface area contributed by atoms with E-state index in [1.807, 2.05) is 29.2 Å². The first-order valence-electron chi connectivity index (χ1n) is 10.2. The monoisotopic (exact) mass is 414 g/mol. The predicted molar refractivity (Wildman–Crippen MR) is 115 cm³/mol. The van der Waals surface area contributed by atoms with Crippen LogP contribution in [0.2, 0.25) is 0 Å². The van der Waals surface area contributed by atoms with Gasteiger partial charge in [-0.05, 0) is 55.3 Å². The van der Waals surface area contributed by atoms with E-state index in [4.69, 9.17) is 0 Å². The van der Waals surface area contributed by atoms with E-state index < -0.39 is 0 Å². The zero-order chi connectivity index (χ0) is 20.2. The number of benzene rings is 1. The van der Waals surface area contributed by atoms with Gasteiger partial charge in [0.1, 0.15) is 0 Å². The standard InChI is InChI=1S/C21H26N4O3S/c26-19-18(29-21(28)23-19)13-15-5-1-2-7-17(15)24-9-4-10-25(12-11-24)20(27)16-6-3-8-22-14-16/h1-2,5,7,13,16,22H,3-4,6,8-12,14H2,(H,23,26,28). The largest absolute Gasteiger partial charge is 0.369 e. The first-order chi connectivity index (χ1) is 14.1. The van der Waals surface area contributed by atoms with Gasteiger partial charge in [-0.2, -0.15) is 0 Å². The van der Waals surface area contributed by atoms with Crippen molar-refractivity contribution in [2.75, 3.05) is 44.2 Å². The molecule has 0 spiro atoms. The van der Waals surface area contributed by atoms with E-state index in [2.05, 4.69) is 15.5 Å². The number of rotatable bonds is 3. The van der Waals surface area contributed by atoms with Crippen molar-refractivity contribution in [1.82, 2.24) is 15.5 Å². The van der Waals surface area contributed by atoms with Crippen molar-refractivity contribution in [1.29, 1.82) is 0 Å². The van der Waals surface area contributed by atoms with Crippen LogP contribution in [0.3, 0.4) is 0 Å². The molecule has 4 rings (SSSR count). The van der Waals surface area contributed by atoms with Gasteiger partial charge in [0, 0.05) is 38.4 Å². The fourth-order valence-corrected chi connectivity index (χ4v) is 4.83. The molecule has 3 aliphatic rings. The number of nitrogens with zero attached hydrogens (tertiary/aromatic N) is 2. The van der Waals surface area contributed by atoms with E-state index >= 15 is 0 Å². The number of carbonyl (C=O) groups is 3. The van der Waals surface area contributed by atoms with E-state index in [-0.39, 0.29) is 23.0 Å². The first-order valence-corrected chi connectivity index (χ1v) is 11.0. The Morgan fingerprint density at radius 1 is 1.10 bits per heavy atom. The molecule has 8 heteroatoms. The molecule has 154 valence electrons. The summed E-state index contributed by atoms with van der Waals surface area (Å²) >= 11 is 0.932. The van der Waals surface area contributed by atoms with Crippen LogP contribution in [0.5, 0.6) is 0 Å². The molecule has 1 unspecified atom stereocenters. The molecule has 0 aliphatic carbocycles. The lowest BCUT2D eigenvalue weighted by molar-refractivity contribution is -0.135. The molecule has 1 atom stereocenters. The van der Waals surface area contributed by atoms with Gasteiger partial charge in [0.2, 0.25) is 5.91 Å². The average molecular weight is 415 g/mol. The molecule has 2 N–H and O–H groups in total. The first kappa shape index (κ1) is 20.0. The molecule has 1 aromatic rings. The number of amides is 3. The van der Waals surface area contributed by atoms with Crippen LogP contribution in [0.1, 0.15) is 24.8 Å². The number of para-hydroxylation sites is 1. The zero-order valence-electron chi connectivity index (χ0n) is 16.4. The highest BCUT2D eigenvalue weighted by Gasteiger charge is 2.28. The minimum Gasteiger partial charge on any atom is -0.369 e. The van der Waals surface area contributed by atoms with Crippen molar-refractivity contribution in [2.45, 2.75) is 19.3 Å². The zero-order valence-corrected chi connectivity index (χ0v) is 17.2. The Bertz CT molecular complexity index is 835. The summed E-state index contributed by atoms with van der Waals surface area (Å²) in [5, 5.41) is 5.30. The molecular weight excluding hydrogens is 388 g/mol. The normalized spacial score (nSPS) is 24.6. The van der Waals surface area contributed by atoms with Gasteiger partial charge in [0.05, 0.1) is 10.8 Å². The number of carbonyl (C=O) groups excluding carboxylic acids is 3. The summed E-state index contributed by atoms with van der Waals surface area (Å²) in [6, 6.07) is 7.90. The third-order valence-corrected chi connectivity index (χ3v) is 6.47. The summed E-state index contributed by atoms with van der Waals surface area (Å²) in [5.74, 6) is 0.0262. The predicted octanol–water partition coefficient (Wildman–Crippen LogP) is 2.05. The number of piperidine rings is 1. The van der Waals surface area contributed by atoms with Gasteiger partial charge < -0.3 is 15.1 Å². The van der Waals surface area contributed by atoms with Crippen LogP contribution >= 0.6 is 11.8 Å². The topological polar surface area (TPSA) is 81.8 Å². The lowest BCUT2D eigenvalue weighted by Gasteiger charge is -2.29. The quantitative estimate of drug-likeness (QED) is 0.737. The third-order valence-electron chi connectivity index (χ3n) is 5.66. The van der Waals surface area contributed by atoms with Crippen molar-refractivity contribution in [3.8, 4) is 0 Å². The van der Waals surface area contributed by atoms with Crippen LogP contribution in [-0.4, -0.2) is 61.2 Å². The fraction of sp³-hybridized carbons (Fsp3) is 0.476. The van der Waals surface area contributed by atoms with Crippen LogP contribution in [0.25, 0.3) is 6.08 Å². The number of thioether (sulfide) groups is 1. The summed E-state index contributed by atoms with van der Waals surface area (Å²) in [6.07, 6.45) is 4.72. The lowest BCUT2D eigenvalue weighted by Crippen LogP contribution is -2.44. The summed E-state index contributed by atoms with van der Waals surface area (Å²) in [4.78, 5) is 41.0. The van der Waals surface area contributed by atoms with E-state index in [0.717, 1.165) is 75.0 Å². The summed E-state index contributed by atoms with van der Waals surface area (Å²) in [7, 11) is 0. The van der Waals surface area contributed by atoms with Crippen LogP contribution in [0.4, 0.5) is 10.5 Å². The Labute approximate surface area is 174 Å². The van der Waals surface area contributed by atoms with E-state index in [1.54, 1.807) is 6.08 Å². The van der Waals surface area contributed by atoms with Crippen molar-refractivity contribution in [3.05, 3.63) is 34.7 Å². The number of anilines is 1. The number of hydrogen-bond donors (Lipinski definition) is 2. The van der Waals surface area contributed by atoms with Crippen LogP contribution in [-0.2, 0) is 9.59 Å².